The Morgan fingerprint density at radius 3 is 2.17 bits per heavy atom. The number of aromatic nitrogens is 1. The van der Waals surface area contributed by atoms with Crippen LogP contribution in [-0.2, 0) is 14.4 Å². The van der Waals surface area contributed by atoms with E-state index >= 15 is 0 Å². The summed E-state index contributed by atoms with van der Waals surface area (Å²) in [6, 6.07) is 2.32. The number of anilines is 1. The summed E-state index contributed by atoms with van der Waals surface area (Å²) in [6.45, 7) is 8.29. The number of piperidine rings is 2. The van der Waals surface area contributed by atoms with Crippen LogP contribution in [0.15, 0.2) is 10.6 Å². The highest BCUT2D eigenvalue weighted by Crippen LogP contribution is 2.22. The Morgan fingerprint density at radius 2 is 1.69 bits per heavy atom. The highest BCUT2D eigenvalue weighted by molar-refractivity contribution is 6.27. The van der Waals surface area contributed by atoms with Crippen molar-refractivity contribution in [3.05, 3.63) is 11.8 Å². The number of carbonyl (C=O) groups excluding carboxylic acids is 1. The summed E-state index contributed by atoms with van der Waals surface area (Å²) >= 11 is 0. The molecule has 10 heteroatoms. The van der Waals surface area contributed by atoms with Gasteiger partial charge in [-0.1, -0.05) is 11.6 Å². The molecule has 2 saturated heterocycles. The molecule has 10 nitrogen and oxygen atoms in total. The fraction of sp³-hybridized carbons (Fsp3) is 0.684. The minimum atomic E-state index is -1.82. The van der Waals surface area contributed by atoms with Crippen LogP contribution in [0.5, 0.6) is 0 Å². The molecule has 1 aromatic heterocycles. The molecule has 2 aliphatic rings. The first-order valence-electron chi connectivity index (χ1n) is 9.96. The zero-order chi connectivity index (χ0) is 21.4. The molecule has 1 atom stereocenters. The Hall–Kier alpha value is -2.46. The third-order valence-electron chi connectivity index (χ3n) is 5.40. The number of likely N-dealkylation sites (tertiary alicyclic amines) is 2. The second kappa shape index (κ2) is 10.9. The van der Waals surface area contributed by atoms with Crippen molar-refractivity contribution in [2.24, 2.45) is 0 Å². The van der Waals surface area contributed by atoms with Gasteiger partial charge < -0.3 is 25.0 Å². The lowest BCUT2D eigenvalue weighted by atomic mass is 9.99. The predicted octanol–water partition coefficient (Wildman–Crippen LogP) is 1.42. The molecule has 2 fully saturated rings. The number of hydrogen-bond acceptors (Lipinski definition) is 7. The molecule has 3 rings (SSSR count). The Balaban J connectivity index is 0.000000438. The van der Waals surface area contributed by atoms with Gasteiger partial charge in [0.15, 0.2) is 5.82 Å². The molecule has 0 aromatic carbocycles. The molecule has 3 heterocycles. The van der Waals surface area contributed by atoms with Crippen LogP contribution in [0.25, 0.3) is 0 Å². The van der Waals surface area contributed by atoms with E-state index in [1.165, 1.54) is 45.2 Å². The van der Waals surface area contributed by atoms with Gasteiger partial charge in [0.1, 0.15) is 5.76 Å². The molecule has 0 bridgehead atoms. The van der Waals surface area contributed by atoms with Gasteiger partial charge in [-0.25, -0.2) is 9.59 Å². The number of carbonyl (C=O) groups is 3. The standard InChI is InChI=1S/C17H28N4O2.C2H2O4/c1-13-12-16(19-23-13)18-17(22)14(2)20-10-6-15(7-11-20)21-8-4-3-5-9-21;3-1(4)2(5)6/h12,14-15H,3-11H2,1-2H3,(H,18,19,22);(H,3,4)(H,5,6). The van der Waals surface area contributed by atoms with Crippen LogP contribution in [-0.4, -0.2) is 81.3 Å². The third kappa shape index (κ3) is 7.13. The second-order valence-electron chi connectivity index (χ2n) is 7.46. The number of aryl methyl sites for hydroxylation is 1. The van der Waals surface area contributed by atoms with Crippen molar-refractivity contribution in [1.29, 1.82) is 0 Å². The summed E-state index contributed by atoms with van der Waals surface area (Å²) in [5.74, 6) is -2.45. The van der Waals surface area contributed by atoms with Gasteiger partial charge in [0, 0.05) is 25.2 Å². The van der Waals surface area contributed by atoms with E-state index in [0.29, 0.717) is 17.6 Å². The predicted molar refractivity (Wildman–Crippen MR) is 105 cm³/mol. The number of rotatable bonds is 4. The lowest BCUT2D eigenvalue weighted by molar-refractivity contribution is -0.159. The lowest BCUT2D eigenvalue weighted by Gasteiger charge is -2.41. The highest BCUT2D eigenvalue weighted by atomic mass is 16.5. The van der Waals surface area contributed by atoms with Crippen LogP contribution >= 0.6 is 0 Å². The molecule has 0 saturated carbocycles. The highest BCUT2D eigenvalue weighted by Gasteiger charge is 2.30. The summed E-state index contributed by atoms with van der Waals surface area (Å²) in [5.41, 5.74) is 0. The average molecular weight is 410 g/mol. The van der Waals surface area contributed by atoms with E-state index in [9.17, 15) is 4.79 Å². The topological polar surface area (TPSA) is 136 Å². The zero-order valence-corrected chi connectivity index (χ0v) is 17.0. The second-order valence-corrected chi connectivity index (χ2v) is 7.46. The number of hydrogen-bond donors (Lipinski definition) is 3. The SMILES string of the molecule is Cc1cc(NC(=O)C(C)N2CCC(N3CCCCC3)CC2)no1.O=C(O)C(=O)O. The van der Waals surface area contributed by atoms with Gasteiger partial charge >= 0.3 is 11.9 Å². The van der Waals surface area contributed by atoms with Gasteiger partial charge in [0.05, 0.1) is 6.04 Å². The number of nitrogens with zero attached hydrogens (tertiary/aromatic N) is 3. The van der Waals surface area contributed by atoms with E-state index in [2.05, 4.69) is 20.3 Å². The number of amides is 1. The number of carboxylic acids is 2. The number of aliphatic carboxylic acids is 2. The first kappa shape index (κ1) is 22.8. The van der Waals surface area contributed by atoms with Crippen LogP contribution < -0.4 is 5.32 Å². The average Bonchev–Trinajstić information content (AvgIpc) is 3.13. The minimum absolute atomic E-state index is 0.00489. The lowest BCUT2D eigenvalue weighted by Crippen LogP contribution is -2.51. The zero-order valence-electron chi connectivity index (χ0n) is 17.0. The van der Waals surface area contributed by atoms with Crippen LogP contribution in [0, 0.1) is 6.92 Å². The van der Waals surface area contributed by atoms with Crippen molar-refractivity contribution in [3.63, 3.8) is 0 Å². The van der Waals surface area contributed by atoms with Crippen molar-refractivity contribution >= 4 is 23.7 Å². The Bertz CT molecular complexity index is 681. The van der Waals surface area contributed by atoms with Crippen molar-refractivity contribution < 1.29 is 29.1 Å². The van der Waals surface area contributed by atoms with Gasteiger partial charge in [-0.15, -0.1) is 0 Å². The van der Waals surface area contributed by atoms with Crippen molar-refractivity contribution in [3.8, 4) is 0 Å². The summed E-state index contributed by atoms with van der Waals surface area (Å²) in [6.07, 6.45) is 6.40. The van der Waals surface area contributed by atoms with Gasteiger partial charge in [-0.2, -0.15) is 0 Å². The van der Waals surface area contributed by atoms with E-state index in [1.807, 2.05) is 13.8 Å². The maximum Gasteiger partial charge on any atom is 0.414 e. The van der Waals surface area contributed by atoms with Crippen molar-refractivity contribution in [2.75, 3.05) is 31.5 Å². The van der Waals surface area contributed by atoms with Gasteiger partial charge in [0.2, 0.25) is 5.91 Å². The molecule has 29 heavy (non-hydrogen) atoms. The van der Waals surface area contributed by atoms with Crippen LogP contribution in [0.2, 0.25) is 0 Å². The summed E-state index contributed by atoms with van der Waals surface area (Å²) in [7, 11) is 0. The van der Waals surface area contributed by atoms with Crippen LogP contribution in [0.3, 0.4) is 0 Å². The van der Waals surface area contributed by atoms with Crippen molar-refractivity contribution in [1.82, 2.24) is 15.0 Å². The maximum atomic E-state index is 12.4. The third-order valence-corrected chi connectivity index (χ3v) is 5.40. The summed E-state index contributed by atoms with van der Waals surface area (Å²) < 4.78 is 4.99. The van der Waals surface area contributed by atoms with Crippen molar-refractivity contribution in [2.45, 2.75) is 58.0 Å². The largest absolute Gasteiger partial charge is 0.473 e. The molecule has 1 unspecified atom stereocenters. The number of nitrogens with one attached hydrogen (secondary N) is 1. The quantitative estimate of drug-likeness (QED) is 0.629. The molecule has 1 aromatic rings. The van der Waals surface area contributed by atoms with Gasteiger partial charge in [-0.3, -0.25) is 9.69 Å². The fourth-order valence-corrected chi connectivity index (χ4v) is 3.74. The molecule has 0 spiro atoms. The van der Waals surface area contributed by atoms with Crippen LogP contribution in [0.1, 0.15) is 44.8 Å². The van der Waals surface area contributed by atoms with Crippen LogP contribution in [0.4, 0.5) is 5.82 Å². The normalized spacial score (nSPS) is 19.7. The number of carboxylic acid groups (broad SMARTS) is 2. The molecule has 3 N–H and O–H groups in total. The van der Waals surface area contributed by atoms with E-state index < -0.39 is 11.9 Å². The van der Waals surface area contributed by atoms with E-state index in [1.54, 1.807) is 6.07 Å². The molecular formula is C19H30N4O6. The first-order valence-corrected chi connectivity index (χ1v) is 9.96. The van der Waals surface area contributed by atoms with Gasteiger partial charge in [0.25, 0.3) is 0 Å². The van der Waals surface area contributed by atoms with E-state index in [0.717, 1.165) is 13.1 Å². The Kier molecular flexibility index (Phi) is 8.59. The minimum Gasteiger partial charge on any atom is -0.473 e. The first-order chi connectivity index (χ1) is 13.8. The summed E-state index contributed by atoms with van der Waals surface area (Å²) in [4.78, 5) is 35.5. The Labute approximate surface area is 169 Å². The molecule has 1 amide bonds. The van der Waals surface area contributed by atoms with Gasteiger partial charge in [-0.05, 0) is 52.6 Å². The monoisotopic (exact) mass is 410 g/mol. The molecule has 0 radical (unpaired) electrons. The fourth-order valence-electron chi connectivity index (χ4n) is 3.74. The molecule has 2 aliphatic heterocycles. The molecule has 0 aliphatic carbocycles. The molecular weight excluding hydrogens is 380 g/mol. The molecule has 162 valence electrons. The maximum absolute atomic E-state index is 12.4. The smallest absolute Gasteiger partial charge is 0.414 e. The van der Waals surface area contributed by atoms with E-state index in [4.69, 9.17) is 24.3 Å². The summed E-state index contributed by atoms with van der Waals surface area (Å²) in [5, 5.41) is 21.4. The van der Waals surface area contributed by atoms with E-state index in [-0.39, 0.29) is 11.9 Å². The Morgan fingerprint density at radius 1 is 1.10 bits per heavy atom.